The molecule has 2 heterocycles. The minimum atomic E-state index is 0.817. The summed E-state index contributed by atoms with van der Waals surface area (Å²) < 4.78 is 5.38. The largest absolute Gasteiger partial charge is 0.496 e. The molecular formula is C14H17N3O. The number of methoxy groups -OCH3 is 1. The van der Waals surface area contributed by atoms with Gasteiger partial charge in [0.25, 0.3) is 0 Å². The fourth-order valence-electron chi connectivity index (χ4n) is 2.46. The van der Waals surface area contributed by atoms with Gasteiger partial charge in [0.05, 0.1) is 12.8 Å². The van der Waals surface area contributed by atoms with Gasteiger partial charge in [-0.1, -0.05) is 18.2 Å². The first-order valence-electron chi connectivity index (χ1n) is 6.26. The molecule has 4 heteroatoms. The van der Waals surface area contributed by atoms with Crippen LogP contribution >= 0.6 is 0 Å². The molecular weight excluding hydrogens is 226 g/mol. The van der Waals surface area contributed by atoms with Crippen LogP contribution in [0.5, 0.6) is 5.75 Å². The lowest BCUT2D eigenvalue weighted by Crippen LogP contribution is -2.23. The van der Waals surface area contributed by atoms with Crippen LogP contribution < -0.4 is 10.1 Å². The van der Waals surface area contributed by atoms with Crippen molar-refractivity contribution in [3.05, 3.63) is 46.8 Å². The molecule has 4 nitrogen and oxygen atoms in total. The summed E-state index contributed by atoms with van der Waals surface area (Å²) in [7, 11) is 1.71. The average Bonchev–Trinajstić information content (AvgIpc) is 2.83. The maximum Gasteiger partial charge on any atom is 0.122 e. The Morgan fingerprint density at radius 3 is 3.11 bits per heavy atom. The van der Waals surface area contributed by atoms with Crippen LogP contribution in [0, 0.1) is 0 Å². The Morgan fingerprint density at radius 2 is 2.22 bits per heavy atom. The molecule has 0 spiro atoms. The lowest BCUT2D eigenvalue weighted by atomic mass is 10.0. The number of hydrogen-bond acceptors (Lipinski definition) is 3. The number of ether oxygens (including phenoxy) is 1. The highest BCUT2D eigenvalue weighted by Crippen LogP contribution is 2.23. The molecule has 0 saturated carbocycles. The third-order valence-corrected chi connectivity index (χ3v) is 3.44. The van der Waals surface area contributed by atoms with E-state index in [9.17, 15) is 0 Å². The second-order valence-electron chi connectivity index (χ2n) is 4.54. The van der Waals surface area contributed by atoms with Gasteiger partial charge in [-0.05, 0) is 6.07 Å². The maximum absolute atomic E-state index is 5.38. The topological polar surface area (TPSA) is 49.9 Å². The van der Waals surface area contributed by atoms with Gasteiger partial charge in [0.15, 0.2) is 0 Å². The standard InChI is InChI=1S/C14H17N3O/c1-18-14-5-3-2-4-10(14)8-13-11-9-15-7-6-12(11)16-17-13/h2-5,15H,6-9H2,1H3,(H,16,17). The number of nitrogens with one attached hydrogen (secondary N) is 2. The summed E-state index contributed by atoms with van der Waals surface area (Å²) in [5, 5.41) is 11.0. The number of rotatable bonds is 3. The molecule has 0 fully saturated rings. The zero-order valence-electron chi connectivity index (χ0n) is 10.5. The van der Waals surface area contributed by atoms with E-state index < -0.39 is 0 Å². The van der Waals surface area contributed by atoms with Crippen molar-refractivity contribution in [3.63, 3.8) is 0 Å². The minimum absolute atomic E-state index is 0.817. The van der Waals surface area contributed by atoms with Crippen LogP contribution in [0.3, 0.4) is 0 Å². The molecule has 94 valence electrons. The first-order valence-corrected chi connectivity index (χ1v) is 6.26. The number of H-pyrrole nitrogens is 1. The van der Waals surface area contributed by atoms with Gasteiger partial charge in [-0.3, -0.25) is 5.10 Å². The molecule has 0 aliphatic carbocycles. The zero-order chi connectivity index (χ0) is 12.4. The molecule has 0 atom stereocenters. The van der Waals surface area contributed by atoms with Crippen LogP contribution in [0.2, 0.25) is 0 Å². The van der Waals surface area contributed by atoms with E-state index in [0.717, 1.165) is 37.4 Å². The monoisotopic (exact) mass is 243 g/mol. The third-order valence-electron chi connectivity index (χ3n) is 3.44. The van der Waals surface area contributed by atoms with Gasteiger partial charge in [0, 0.05) is 42.8 Å². The van der Waals surface area contributed by atoms with E-state index >= 15 is 0 Å². The van der Waals surface area contributed by atoms with Crippen molar-refractivity contribution in [2.45, 2.75) is 19.4 Å². The molecule has 2 N–H and O–H groups in total. The molecule has 0 saturated heterocycles. The first-order chi connectivity index (χ1) is 8.88. The Labute approximate surface area is 106 Å². The third kappa shape index (κ3) is 1.99. The van der Waals surface area contributed by atoms with E-state index in [2.05, 4.69) is 21.6 Å². The van der Waals surface area contributed by atoms with Crippen LogP contribution in [0.4, 0.5) is 0 Å². The summed E-state index contributed by atoms with van der Waals surface area (Å²) >= 11 is 0. The van der Waals surface area contributed by atoms with E-state index in [1.807, 2.05) is 18.2 Å². The number of fused-ring (bicyclic) bond motifs is 1. The summed E-state index contributed by atoms with van der Waals surface area (Å²) in [5.41, 5.74) is 4.91. The Morgan fingerprint density at radius 1 is 1.33 bits per heavy atom. The highest BCUT2D eigenvalue weighted by atomic mass is 16.5. The van der Waals surface area contributed by atoms with E-state index in [1.165, 1.54) is 16.8 Å². The van der Waals surface area contributed by atoms with Crippen molar-refractivity contribution < 1.29 is 4.74 Å². The molecule has 0 amide bonds. The van der Waals surface area contributed by atoms with Crippen LogP contribution in [0.25, 0.3) is 0 Å². The minimum Gasteiger partial charge on any atom is -0.496 e. The number of aromatic nitrogens is 2. The van der Waals surface area contributed by atoms with Crippen molar-refractivity contribution in [1.29, 1.82) is 0 Å². The summed E-state index contributed by atoms with van der Waals surface area (Å²) in [6.07, 6.45) is 1.85. The quantitative estimate of drug-likeness (QED) is 0.862. The van der Waals surface area contributed by atoms with Crippen molar-refractivity contribution in [2.75, 3.05) is 13.7 Å². The van der Waals surface area contributed by atoms with Crippen LogP contribution in [-0.2, 0) is 19.4 Å². The van der Waals surface area contributed by atoms with Gasteiger partial charge in [0.2, 0.25) is 0 Å². The van der Waals surface area contributed by atoms with E-state index in [1.54, 1.807) is 7.11 Å². The lowest BCUT2D eigenvalue weighted by molar-refractivity contribution is 0.410. The Bertz CT molecular complexity index is 548. The number of para-hydroxylation sites is 1. The smallest absolute Gasteiger partial charge is 0.122 e. The molecule has 0 unspecified atom stereocenters. The van der Waals surface area contributed by atoms with Crippen molar-refractivity contribution >= 4 is 0 Å². The van der Waals surface area contributed by atoms with Crippen LogP contribution in [0.15, 0.2) is 24.3 Å². The molecule has 1 aromatic carbocycles. The molecule has 18 heavy (non-hydrogen) atoms. The average molecular weight is 243 g/mol. The van der Waals surface area contributed by atoms with Crippen molar-refractivity contribution in [1.82, 2.24) is 15.5 Å². The maximum atomic E-state index is 5.38. The van der Waals surface area contributed by atoms with E-state index in [0.29, 0.717) is 0 Å². The fourth-order valence-corrected chi connectivity index (χ4v) is 2.46. The second-order valence-corrected chi connectivity index (χ2v) is 4.54. The fraction of sp³-hybridized carbons (Fsp3) is 0.357. The predicted molar refractivity (Wildman–Crippen MR) is 69.8 cm³/mol. The Hall–Kier alpha value is -1.81. The number of nitrogens with zero attached hydrogens (tertiary/aromatic N) is 1. The number of aromatic amines is 1. The van der Waals surface area contributed by atoms with E-state index in [-0.39, 0.29) is 0 Å². The summed E-state index contributed by atoms with van der Waals surface area (Å²) in [5.74, 6) is 0.929. The highest BCUT2D eigenvalue weighted by Gasteiger charge is 2.17. The summed E-state index contributed by atoms with van der Waals surface area (Å²) in [6.45, 7) is 1.94. The molecule has 1 aromatic heterocycles. The number of hydrogen-bond donors (Lipinski definition) is 2. The SMILES string of the molecule is COc1ccccc1Cc1n[nH]c2c1CNCC2. The van der Waals surface area contributed by atoms with Crippen LogP contribution in [0.1, 0.15) is 22.5 Å². The zero-order valence-corrected chi connectivity index (χ0v) is 10.5. The van der Waals surface area contributed by atoms with E-state index in [4.69, 9.17) is 4.74 Å². The van der Waals surface area contributed by atoms with Gasteiger partial charge in [-0.2, -0.15) is 5.10 Å². The normalized spacial score (nSPS) is 14.3. The van der Waals surface area contributed by atoms with Gasteiger partial charge in [0.1, 0.15) is 5.75 Å². The number of benzene rings is 1. The first kappa shape index (κ1) is 11.3. The van der Waals surface area contributed by atoms with Crippen molar-refractivity contribution in [2.24, 2.45) is 0 Å². The van der Waals surface area contributed by atoms with Crippen LogP contribution in [-0.4, -0.2) is 23.9 Å². The summed E-state index contributed by atoms with van der Waals surface area (Å²) in [4.78, 5) is 0. The Kier molecular flexibility index (Phi) is 3.02. The van der Waals surface area contributed by atoms with Gasteiger partial charge < -0.3 is 10.1 Å². The van der Waals surface area contributed by atoms with Gasteiger partial charge >= 0.3 is 0 Å². The Balaban J connectivity index is 1.90. The predicted octanol–water partition coefficient (Wildman–Crippen LogP) is 1.65. The molecule has 1 aliphatic rings. The van der Waals surface area contributed by atoms with Gasteiger partial charge in [-0.25, -0.2) is 0 Å². The second kappa shape index (κ2) is 4.82. The molecule has 1 aliphatic heterocycles. The van der Waals surface area contributed by atoms with Crippen molar-refractivity contribution in [3.8, 4) is 5.75 Å². The lowest BCUT2D eigenvalue weighted by Gasteiger charge is -2.13. The highest BCUT2D eigenvalue weighted by molar-refractivity contribution is 5.39. The molecule has 0 bridgehead atoms. The molecule has 3 rings (SSSR count). The molecule has 0 radical (unpaired) electrons. The summed E-state index contributed by atoms with van der Waals surface area (Å²) in [6, 6.07) is 8.11. The van der Waals surface area contributed by atoms with Gasteiger partial charge in [-0.15, -0.1) is 0 Å². The molecule has 2 aromatic rings.